The molecule has 0 spiro atoms. The van der Waals surface area contributed by atoms with Gasteiger partial charge in [-0.15, -0.1) is 0 Å². The first-order valence-corrected chi connectivity index (χ1v) is 7.50. The second-order valence-electron chi connectivity index (χ2n) is 5.26. The molecule has 0 saturated heterocycles. The summed E-state index contributed by atoms with van der Waals surface area (Å²) in [4.78, 5) is 8.17. The van der Waals surface area contributed by atoms with Crippen LogP contribution in [-0.2, 0) is 6.61 Å². The fourth-order valence-corrected chi connectivity index (χ4v) is 2.36. The summed E-state index contributed by atoms with van der Waals surface area (Å²) in [6, 6.07) is 10.2. The van der Waals surface area contributed by atoms with Crippen LogP contribution in [0.4, 0.5) is 0 Å². The third-order valence-electron chi connectivity index (χ3n) is 3.71. The SMILES string of the molecule is COc1cc2[n+]#cnc(OCc3ccc(B(O)O)cc3)c2cc1OC. The van der Waals surface area contributed by atoms with Crippen molar-refractivity contribution >= 4 is 23.5 Å². The van der Waals surface area contributed by atoms with E-state index in [-0.39, 0.29) is 6.61 Å². The summed E-state index contributed by atoms with van der Waals surface area (Å²) < 4.78 is 16.3. The zero-order chi connectivity index (χ0) is 17.8. The Kier molecular flexibility index (Phi) is 4.88. The molecule has 3 rings (SSSR count). The quantitative estimate of drug-likeness (QED) is 0.606. The van der Waals surface area contributed by atoms with Crippen LogP contribution in [0.3, 0.4) is 0 Å². The van der Waals surface area contributed by atoms with Crippen molar-refractivity contribution in [3.05, 3.63) is 48.3 Å². The zero-order valence-electron chi connectivity index (χ0n) is 13.8. The van der Waals surface area contributed by atoms with Crippen LogP contribution in [0, 0.1) is 6.33 Å². The van der Waals surface area contributed by atoms with Crippen LogP contribution < -0.4 is 24.7 Å². The van der Waals surface area contributed by atoms with Gasteiger partial charge < -0.3 is 24.3 Å². The van der Waals surface area contributed by atoms with Gasteiger partial charge in [0.15, 0.2) is 11.5 Å². The Morgan fingerprint density at radius 1 is 1.08 bits per heavy atom. The molecule has 3 aromatic rings. The number of fused-ring (bicyclic) bond motifs is 1. The van der Waals surface area contributed by atoms with Crippen molar-refractivity contribution < 1.29 is 29.2 Å². The van der Waals surface area contributed by atoms with E-state index in [1.807, 2.05) is 0 Å². The molecule has 2 aromatic carbocycles. The van der Waals surface area contributed by atoms with E-state index in [9.17, 15) is 0 Å². The highest BCUT2D eigenvalue weighted by Crippen LogP contribution is 2.33. The number of methoxy groups -OCH3 is 2. The van der Waals surface area contributed by atoms with Gasteiger partial charge >= 0.3 is 19.3 Å². The number of nitrogens with zero attached hydrogens (tertiary/aromatic N) is 2. The smallest absolute Gasteiger partial charge is 0.488 e. The number of benzene rings is 2. The second kappa shape index (κ2) is 7.26. The zero-order valence-corrected chi connectivity index (χ0v) is 13.8. The normalized spacial score (nSPS) is 10.2. The lowest BCUT2D eigenvalue weighted by Crippen LogP contribution is -2.29. The molecule has 0 unspecified atom stereocenters. The van der Waals surface area contributed by atoms with Crippen molar-refractivity contribution in [3.63, 3.8) is 0 Å². The lowest BCUT2D eigenvalue weighted by Gasteiger charge is -2.07. The van der Waals surface area contributed by atoms with E-state index in [2.05, 4.69) is 16.3 Å². The highest BCUT2D eigenvalue weighted by Gasteiger charge is 2.18. The third-order valence-corrected chi connectivity index (χ3v) is 3.71. The summed E-state index contributed by atoms with van der Waals surface area (Å²) in [5.74, 6) is 1.49. The molecule has 0 atom stereocenters. The Balaban J connectivity index is 1.85. The van der Waals surface area contributed by atoms with E-state index in [1.165, 1.54) is 0 Å². The maximum atomic E-state index is 9.11. The molecule has 0 aliphatic carbocycles. The Hall–Kier alpha value is -3.02. The fourth-order valence-electron chi connectivity index (χ4n) is 2.36. The van der Waals surface area contributed by atoms with Crippen LogP contribution in [0.5, 0.6) is 17.4 Å². The largest absolute Gasteiger partial charge is 0.493 e. The number of hydrogen-bond acceptors (Lipinski definition) is 6. The molecule has 126 valence electrons. The molecule has 0 bridgehead atoms. The van der Waals surface area contributed by atoms with Gasteiger partial charge in [0.2, 0.25) is 0 Å². The molecule has 0 amide bonds. The second-order valence-corrected chi connectivity index (χ2v) is 5.26. The first-order valence-electron chi connectivity index (χ1n) is 7.50. The minimum Gasteiger partial charge on any atom is -0.493 e. The van der Waals surface area contributed by atoms with Crippen LogP contribution >= 0.6 is 0 Å². The standard InChI is InChI=1S/C17H16BN2O5/c1-23-15-7-13-14(8-16(15)24-2)19-10-20-17(13)25-9-11-3-5-12(6-4-11)18(21)22/h3-8,21-22H,9H2,1-2H3/q+1. The number of ether oxygens (including phenoxy) is 3. The molecular weight excluding hydrogens is 323 g/mol. The summed E-state index contributed by atoms with van der Waals surface area (Å²) in [6.07, 6.45) is 2.57. The van der Waals surface area contributed by atoms with Crippen molar-refractivity contribution in [3.8, 4) is 17.4 Å². The maximum absolute atomic E-state index is 9.11. The monoisotopic (exact) mass is 339 g/mol. The number of rotatable bonds is 6. The molecule has 1 heterocycles. The summed E-state index contributed by atoms with van der Waals surface area (Å²) >= 11 is 0. The average molecular weight is 339 g/mol. The van der Waals surface area contributed by atoms with Gasteiger partial charge in [-0.05, 0) is 11.0 Å². The summed E-state index contributed by atoms with van der Waals surface area (Å²) in [5.41, 5.74) is 1.90. The molecule has 0 aliphatic rings. The van der Waals surface area contributed by atoms with Crippen LogP contribution in [0.1, 0.15) is 5.56 Å². The summed E-state index contributed by atoms with van der Waals surface area (Å²) in [7, 11) is 1.62. The molecule has 0 aliphatic heterocycles. The van der Waals surface area contributed by atoms with Crippen molar-refractivity contribution in [2.45, 2.75) is 6.61 Å². The number of aromatic nitrogens is 2. The Morgan fingerprint density at radius 2 is 1.76 bits per heavy atom. The number of hydrogen-bond donors (Lipinski definition) is 2. The Labute approximate surface area is 145 Å². The van der Waals surface area contributed by atoms with Crippen LogP contribution in [-0.4, -0.2) is 36.4 Å². The molecule has 25 heavy (non-hydrogen) atoms. The molecule has 8 heteroatoms. The van der Waals surface area contributed by atoms with E-state index < -0.39 is 7.12 Å². The van der Waals surface area contributed by atoms with Crippen molar-refractivity contribution in [2.24, 2.45) is 0 Å². The predicted octanol–water partition coefficient (Wildman–Crippen LogP) is -0.0891. The van der Waals surface area contributed by atoms with E-state index in [0.717, 1.165) is 5.56 Å². The predicted molar refractivity (Wildman–Crippen MR) is 89.9 cm³/mol. The van der Waals surface area contributed by atoms with E-state index in [1.54, 1.807) is 50.6 Å². The third kappa shape index (κ3) is 3.58. The molecule has 7 nitrogen and oxygen atoms in total. The fraction of sp³-hybridized carbons (Fsp3) is 0.176. The van der Waals surface area contributed by atoms with Crippen LogP contribution in [0.2, 0.25) is 0 Å². The lowest BCUT2D eigenvalue weighted by atomic mass is 9.80. The van der Waals surface area contributed by atoms with Gasteiger partial charge in [0.05, 0.1) is 25.3 Å². The highest BCUT2D eigenvalue weighted by molar-refractivity contribution is 6.58. The van der Waals surface area contributed by atoms with Gasteiger partial charge in [-0.25, -0.2) is 0 Å². The Bertz CT molecular complexity index is 871. The molecule has 0 saturated carbocycles. The Morgan fingerprint density at radius 3 is 2.40 bits per heavy atom. The van der Waals surface area contributed by atoms with Crippen molar-refractivity contribution in [2.75, 3.05) is 14.2 Å². The van der Waals surface area contributed by atoms with E-state index >= 15 is 0 Å². The van der Waals surface area contributed by atoms with Gasteiger partial charge in [0, 0.05) is 6.07 Å². The van der Waals surface area contributed by atoms with Crippen molar-refractivity contribution in [1.29, 1.82) is 0 Å². The molecule has 0 fully saturated rings. The topological polar surface area (TPSA) is 95.1 Å². The molecule has 1 aromatic heterocycles. The molecule has 2 N–H and O–H groups in total. The maximum Gasteiger partial charge on any atom is 0.488 e. The van der Waals surface area contributed by atoms with Crippen LogP contribution in [0.15, 0.2) is 36.4 Å². The summed E-state index contributed by atoms with van der Waals surface area (Å²) in [5, 5.41) is 18.9. The van der Waals surface area contributed by atoms with Gasteiger partial charge in [-0.1, -0.05) is 24.3 Å². The first-order chi connectivity index (χ1) is 12.1. The van der Waals surface area contributed by atoms with Gasteiger partial charge in [0.25, 0.3) is 5.52 Å². The lowest BCUT2D eigenvalue weighted by molar-refractivity contribution is -0.262. The minimum atomic E-state index is -1.49. The van der Waals surface area contributed by atoms with E-state index in [0.29, 0.717) is 33.7 Å². The van der Waals surface area contributed by atoms with E-state index in [4.69, 9.17) is 24.3 Å². The van der Waals surface area contributed by atoms with Gasteiger partial charge in [-0.2, -0.15) is 4.98 Å². The minimum absolute atomic E-state index is 0.260. The average Bonchev–Trinajstić information content (AvgIpc) is 2.65. The van der Waals surface area contributed by atoms with Crippen molar-refractivity contribution in [1.82, 2.24) is 4.98 Å². The first kappa shape index (κ1) is 16.8. The molecule has 0 radical (unpaired) electrons. The van der Waals surface area contributed by atoms with Gasteiger partial charge in [-0.3, -0.25) is 0 Å². The van der Waals surface area contributed by atoms with Gasteiger partial charge in [0.1, 0.15) is 12.0 Å². The highest BCUT2D eigenvalue weighted by atomic mass is 16.5. The summed E-state index contributed by atoms with van der Waals surface area (Å²) in [6.45, 7) is 0.260. The van der Waals surface area contributed by atoms with Crippen LogP contribution in [0.25, 0.3) is 10.9 Å². The molecular formula is C17H16BN2O5+.